The number of para-hydroxylation sites is 1. The van der Waals surface area contributed by atoms with Crippen molar-refractivity contribution in [3.63, 3.8) is 0 Å². The van der Waals surface area contributed by atoms with E-state index in [4.69, 9.17) is 33.0 Å². The van der Waals surface area contributed by atoms with Crippen molar-refractivity contribution in [3.8, 4) is 5.75 Å². The van der Waals surface area contributed by atoms with Crippen LogP contribution in [0, 0.1) is 0 Å². The Morgan fingerprint density at radius 3 is 2.23 bits per heavy atom. The highest BCUT2D eigenvalue weighted by molar-refractivity contribution is 6.47. The highest BCUT2D eigenvalue weighted by Crippen LogP contribution is 2.43. The molecule has 0 aromatic heterocycles. The number of ether oxygens (including phenoxy) is 1. The molecule has 0 aliphatic carbocycles. The minimum absolute atomic E-state index is 0.00859. The van der Waals surface area contributed by atoms with E-state index in [9.17, 15) is 19.5 Å². The van der Waals surface area contributed by atoms with Crippen molar-refractivity contribution in [2.75, 3.05) is 7.11 Å². The maximum atomic E-state index is 13.2. The minimum Gasteiger partial charge on any atom is -0.507 e. The molecular formula is C26H19Cl2NO6. The molecule has 4 rings (SSSR count). The van der Waals surface area contributed by atoms with Crippen LogP contribution < -0.4 is 4.74 Å². The van der Waals surface area contributed by atoms with Gasteiger partial charge in [0.2, 0.25) is 0 Å². The second kappa shape index (κ2) is 9.82. The number of halogens is 2. The summed E-state index contributed by atoms with van der Waals surface area (Å²) < 4.78 is 5.48. The van der Waals surface area contributed by atoms with E-state index in [0.717, 1.165) is 0 Å². The molecular weight excluding hydrogens is 493 g/mol. The first-order chi connectivity index (χ1) is 16.7. The smallest absolute Gasteiger partial charge is 0.335 e. The molecule has 3 aromatic rings. The lowest BCUT2D eigenvalue weighted by Crippen LogP contribution is -2.29. The normalized spacial score (nSPS) is 17.0. The lowest BCUT2D eigenvalue weighted by molar-refractivity contribution is -0.140. The zero-order valence-corrected chi connectivity index (χ0v) is 19.9. The Labute approximate surface area is 210 Å². The number of carboxylic acid groups (broad SMARTS) is 1. The topological polar surface area (TPSA) is 104 Å². The maximum Gasteiger partial charge on any atom is 0.335 e. The summed E-state index contributed by atoms with van der Waals surface area (Å²) in [6.45, 7) is -0.00859. The van der Waals surface area contributed by atoms with Crippen LogP contribution in [0.1, 0.15) is 33.1 Å². The van der Waals surface area contributed by atoms with Crippen molar-refractivity contribution < 1.29 is 29.3 Å². The zero-order chi connectivity index (χ0) is 25.3. The molecule has 0 bridgehead atoms. The molecule has 0 saturated carbocycles. The Kier molecular flexibility index (Phi) is 6.82. The molecule has 1 aliphatic heterocycles. The van der Waals surface area contributed by atoms with E-state index in [1.165, 1.54) is 42.3 Å². The second-order valence-electron chi connectivity index (χ2n) is 7.80. The standard InChI is InChI=1S/C26H19Cl2NO6/c1-35-20-5-3-2-4-17(20)22-21(23(30)16-10-11-18(27)19(28)12-16)24(31)25(32)29(22)13-14-6-8-15(9-7-14)26(33)34/h2-12,22,30H,13H2,1H3,(H,33,34)/b23-21+. The van der Waals surface area contributed by atoms with E-state index < -0.39 is 29.5 Å². The van der Waals surface area contributed by atoms with Crippen molar-refractivity contribution in [1.82, 2.24) is 4.90 Å². The number of carboxylic acids is 1. The predicted molar refractivity (Wildman–Crippen MR) is 131 cm³/mol. The Hall–Kier alpha value is -3.81. The molecule has 2 N–H and O–H groups in total. The van der Waals surface area contributed by atoms with E-state index in [1.807, 2.05) is 0 Å². The Morgan fingerprint density at radius 1 is 0.943 bits per heavy atom. The molecule has 3 aromatic carbocycles. The lowest BCUT2D eigenvalue weighted by atomic mass is 9.94. The molecule has 1 aliphatic rings. The summed E-state index contributed by atoms with van der Waals surface area (Å²) >= 11 is 12.1. The first-order valence-corrected chi connectivity index (χ1v) is 11.2. The van der Waals surface area contributed by atoms with Gasteiger partial charge in [-0.1, -0.05) is 53.5 Å². The van der Waals surface area contributed by atoms with E-state index >= 15 is 0 Å². The highest BCUT2D eigenvalue weighted by atomic mass is 35.5. The first kappa shape index (κ1) is 24.3. The summed E-state index contributed by atoms with van der Waals surface area (Å²) in [4.78, 5) is 38.9. The van der Waals surface area contributed by atoms with Gasteiger partial charge in [-0.15, -0.1) is 0 Å². The van der Waals surface area contributed by atoms with Crippen LogP contribution in [-0.2, 0) is 16.1 Å². The average molecular weight is 512 g/mol. The van der Waals surface area contributed by atoms with Gasteiger partial charge in [0.05, 0.1) is 34.3 Å². The summed E-state index contributed by atoms with van der Waals surface area (Å²) in [5, 5.41) is 20.8. The molecule has 1 fully saturated rings. The van der Waals surface area contributed by atoms with Crippen LogP contribution in [0.4, 0.5) is 0 Å². The third kappa shape index (κ3) is 4.60. The van der Waals surface area contributed by atoms with Gasteiger partial charge in [-0.2, -0.15) is 0 Å². The fourth-order valence-electron chi connectivity index (χ4n) is 4.01. The van der Waals surface area contributed by atoms with Crippen molar-refractivity contribution in [1.29, 1.82) is 0 Å². The lowest BCUT2D eigenvalue weighted by Gasteiger charge is -2.26. The molecule has 9 heteroatoms. The van der Waals surface area contributed by atoms with Crippen LogP contribution in [0.25, 0.3) is 5.76 Å². The van der Waals surface area contributed by atoms with Gasteiger partial charge in [-0.25, -0.2) is 4.79 Å². The third-order valence-electron chi connectivity index (χ3n) is 5.72. The number of methoxy groups -OCH3 is 1. The van der Waals surface area contributed by atoms with Crippen molar-refractivity contribution in [3.05, 3.63) is 105 Å². The van der Waals surface area contributed by atoms with Crippen LogP contribution >= 0.6 is 23.2 Å². The fraction of sp³-hybridized carbons (Fsp3) is 0.115. The number of rotatable bonds is 6. The van der Waals surface area contributed by atoms with E-state index in [1.54, 1.807) is 36.4 Å². The molecule has 1 saturated heterocycles. The zero-order valence-electron chi connectivity index (χ0n) is 18.4. The van der Waals surface area contributed by atoms with Crippen LogP contribution in [0.5, 0.6) is 5.75 Å². The molecule has 1 unspecified atom stereocenters. The number of hydrogen-bond acceptors (Lipinski definition) is 5. The fourth-order valence-corrected chi connectivity index (χ4v) is 4.31. The predicted octanol–water partition coefficient (Wildman–Crippen LogP) is 5.32. The molecule has 0 spiro atoms. The number of Topliss-reactive ketones (excluding diaryl/α,β-unsaturated/α-hetero) is 1. The number of aromatic carboxylic acids is 1. The van der Waals surface area contributed by atoms with E-state index in [0.29, 0.717) is 16.9 Å². The van der Waals surface area contributed by atoms with Crippen LogP contribution in [0.2, 0.25) is 10.0 Å². The highest BCUT2D eigenvalue weighted by Gasteiger charge is 2.47. The van der Waals surface area contributed by atoms with E-state index in [2.05, 4.69) is 0 Å². The number of ketones is 1. The number of aliphatic hydroxyl groups excluding tert-OH is 1. The van der Waals surface area contributed by atoms with E-state index in [-0.39, 0.29) is 33.3 Å². The summed E-state index contributed by atoms with van der Waals surface area (Å²) in [5.41, 5.74) is 1.30. The minimum atomic E-state index is -1.08. The molecule has 7 nitrogen and oxygen atoms in total. The van der Waals surface area contributed by atoms with Gasteiger partial charge in [-0.3, -0.25) is 9.59 Å². The number of carbonyl (C=O) groups is 3. The first-order valence-electron chi connectivity index (χ1n) is 10.4. The molecule has 1 heterocycles. The molecule has 0 radical (unpaired) electrons. The number of likely N-dealkylation sites (tertiary alicyclic amines) is 1. The number of benzene rings is 3. The molecule has 35 heavy (non-hydrogen) atoms. The number of carbonyl (C=O) groups excluding carboxylic acids is 2. The van der Waals surface area contributed by atoms with Crippen LogP contribution in [-0.4, -0.2) is 39.9 Å². The number of aliphatic hydroxyl groups is 1. The summed E-state index contributed by atoms with van der Waals surface area (Å²) in [5.74, 6) is -2.74. The molecule has 1 atom stereocenters. The SMILES string of the molecule is COc1ccccc1C1/C(=C(\O)c2ccc(Cl)c(Cl)c2)C(=O)C(=O)N1Cc1ccc(C(=O)O)cc1. The van der Waals surface area contributed by atoms with Crippen LogP contribution in [0.15, 0.2) is 72.3 Å². The van der Waals surface area contributed by atoms with Gasteiger partial charge in [0.15, 0.2) is 0 Å². The number of nitrogens with zero attached hydrogens (tertiary/aromatic N) is 1. The van der Waals surface area contributed by atoms with Crippen molar-refractivity contribution in [2.45, 2.75) is 12.6 Å². The van der Waals surface area contributed by atoms with Gasteiger partial charge in [0.1, 0.15) is 11.5 Å². The average Bonchev–Trinajstić information content (AvgIpc) is 3.10. The van der Waals surface area contributed by atoms with Crippen molar-refractivity contribution >= 4 is 46.6 Å². The third-order valence-corrected chi connectivity index (χ3v) is 6.46. The number of amides is 1. The summed E-state index contributed by atoms with van der Waals surface area (Å²) in [7, 11) is 1.47. The Bertz CT molecular complexity index is 1370. The van der Waals surface area contributed by atoms with Gasteiger partial charge in [-0.05, 0) is 42.0 Å². The van der Waals surface area contributed by atoms with Crippen LogP contribution in [0.3, 0.4) is 0 Å². The Morgan fingerprint density at radius 2 is 1.60 bits per heavy atom. The quantitative estimate of drug-likeness (QED) is 0.263. The monoisotopic (exact) mass is 511 g/mol. The second-order valence-corrected chi connectivity index (χ2v) is 8.61. The summed E-state index contributed by atoms with van der Waals surface area (Å²) in [6.07, 6.45) is 0. The Balaban J connectivity index is 1.87. The van der Waals surface area contributed by atoms with Gasteiger partial charge in [0, 0.05) is 17.7 Å². The summed E-state index contributed by atoms with van der Waals surface area (Å²) in [6, 6.07) is 16.3. The van der Waals surface area contributed by atoms with Gasteiger partial charge in [0.25, 0.3) is 11.7 Å². The maximum absolute atomic E-state index is 13.2. The molecule has 178 valence electrons. The van der Waals surface area contributed by atoms with Crippen molar-refractivity contribution in [2.24, 2.45) is 0 Å². The van der Waals surface area contributed by atoms with Gasteiger partial charge >= 0.3 is 5.97 Å². The van der Waals surface area contributed by atoms with Gasteiger partial charge < -0.3 is 19.8 Å². The molecule has 1 amide bonds. The number of hydrogen-bond donors (Lipinski definition) is 2. The largest absolute Gasteiger partial charge is 0.507 e.